The predicted octanol–water partition coefficient (Wildman–Crippen LogP) is 1.58. The fraction of sp³-hybridized carbons (Fsp3) is 0.583. The van der Waals surface area contributed by atoms with E-state index < -0.39 is 0 Å². The molecular formula is C12H16O4. The summed E-state index contributed by atoms with van der Waals surface area (Å²) in [6.45, 7) is 2.59. The quantitative estimate of drug-likeness (QED) is 0.668. The first kappa shape index (κ1) is 12.6. The summed E-state index contributed by atoms with van der Waals surface area (Å²) in [6.07, 6.45) is 4.18. The third kappa shape index (κ3) is 4.38. The van der Waals surface area contributed by atoms with Crippen molar-refractivity contribution in [3.05, 3.63) is 11.8 Å². The molecule has 0 saturated heterocycles. The Balaban J connectivity index is 0.000000165. The Hall–Kier alpha value is -1.45. The Labute approximate surface area is 94.7 Å². The molecule has 0 radical (unpaired) electrons. The Morgan fingerprint density at radius 2 is 1.69 bits per heavy atom. The van der Waals surface area contributed by atoms with E-state index in [9.17, 15) is 14.4 Å². The molecule has 2 aliphatic rings. The van der Waals surface area contributed by atoms with Crippen LogP contribution in [0, 0.1) is 0 Å². The number of ketones is 3. The lowest BCUT2D eigenvalue weighted by molar-refractivity contribution is -0.121. The fourth-order valence-electron chi connectivity index (χ4n) is 1.55. The van der Waals surface area contributed by atoms with Gasteiger partial charge in [0.1, 0.15) is 11.6 Å². The van der Waals surface area contributed by atoms with Crippen LogP contribution in [-0.4, -0.2) is 24.0 Å². The molecule has 0 unspecified atom stereocenters. The Morgan fingerprint density at radius 3 is 2.00 bits per heavy atom. The zero-order valence-corrected chi connectivity index (χ0v) is 9.45. The molecule has 0 aliphatic heterocycles. The SMILES string of the molecule is CCOC1=CC(=O)CC1.O=C1CCC(=O)C1. The molecule has 0 heterocycles. The smallest absolute Gasteiger partial charge is 0.159 e. The molecule has 16 heavy (non-hydrogen) atoms. The number of ether oxygens (including phenoxy) is 1. The van der Waals surface area contributed by atoms with Gasteiger partial charge in [0.2, 0.25) is 0 Å². The van der Waals surface area contributed by atoms with Gasteiger partial charge in [-0.05, 0) is 6.92 Å². The first-order valence-corrected chi connectivity index (χ1v) is 5.51. The Kier molecular flexibility index (Phi) is 4.89. The molecule has 1 fully saturated rings. The van der Waals surface area contributed by atoms with Crippen LogP contribution >= 0.6 is 0 Å². The average Bonchev–Trinajstić information content (AvgIpc) is 2.78. The molecule has 0 atom stereocenters. The van der Waals surface area contributed by atoms with E-state index >= 15 is 0 Å². The van der Waals surface area contributed by atoms with Gasteiger partial charge in [0.05, 0.1) is 18.8 Å². The van der Waals surface area contributed by atoms with Gasteiger partial charge in [0.15, 0.2) is 5.78 Å². The molecule has 4 heteroatoms. The molecule has 4 nitrogen and oxygen atoms in total. The molecule has 0 N–H and O–H groups in total. The van der Waals surface area contributed by atoms with Crippen LogP contribution in [0.15, 0.2) is 11.8 Å². The minimum atomic E-state index is 0.102. The molecule has 1 saturated carbocycles. The van der Waals surface area contributed by atoms with Crippen LogP contribution in [0.1, 0.15) is 39.0 Å². The number of rotatable bonds is 2. The van der Waals surface area contributed by atoms with Gasteiger partial charge in [-0.3, -0.25) is 14.4 Å². The topological polar surface area (TPSA) is 60.4 Å². The molecule has 0 spiro atoms. The van der Waals surface area contributed by atoms with Gasteiger partial charge in [-0.1, -0.05) is 0 Å². The Morgan fingerprint density at radius 1 is 1.06 bits per heavy atom. The van der Waals surface area contributed by atoms with Crippen LogP contribution in [-0.2, 0) is 19.1 Å². The summed E-state index contributed by atoms with van der Waals surface area (Å²) in [5, 5.41) is 0. The van der Waals surface area contributed by atoms with Crippen molar-refractivity contribution in [2.24, 2.45) is 0 Å². The number of Topliss-reactive ketones (excluding diaryl/α,β-unsaturated/α-hetero) is 2. The highest BCUT2D eigenvalue weighted by molar-refractivity contribution is 6.05. The maximum absolute atomic E-state index is 10.6. The van der Waals surface area contributed by atoms with Crippen molar-refractivity contribution in [2.45, 2.75) is 39.0 Å². The van der Waals surface area contributed by atoms with Crippen molar-refractivity contribution in [3.63, 3.8) is 0 Å². The summed E-state index contributed by atoms with van der Waals surface area (Å²) < 4.78 is 5.11. The van der Waals surface area contributed by atoms with Crippen LogP contribution in [0.3, 0.4) is 0 Å². The highest BCUT2D eigenvalue weighted by Crippen LogP contribution is 2.15. The second-order valence-corrected chi connectivity index (χ2v) is 3.76. The number of hydrogen-bond acceptors (Lipinski definition) is 4. The van der Waals surface area contributed by atoms with Gasteiger partial charge in [-0.15, -0.1) is 0 Å². The van der Waals surface area contributed by atoms with Crippen molar-refractivity contribution in [3.8, 4) is 0 Å². The molecule has 0 aromatic rings. The second kappa shape index (κ2) is 6.20. The van der Waals surface area contributed by atoms with Gasteiger partial charge >= 0.3 is 0 Å². The third-order valence-electron chi connectivity index (χ3n) is 2.35. The van der Waals surface area contributed by atoms with Crippen LogP contribution < -0.4 is 0 Å². The Bertz CT molecular complexity index is 314. The van der Waals surface area contributed by atoms with E-state index in [1.165, 1.54) is 0 Å². The van der Waals surface area contributed by atoms with E-state index in [0.717, 1.165) is 12.2 Å². The lowest BCUT2D eigenvalue weighted by Crippen LogP contribution is -1.88. The highest BCUT2D eigenvalue weighted by Gasteiger charge is 2.17. The minimum absolute atomic E-state index is 0.102. The zero-order chi connectivity index (χ0) is 12.0. The van der Waals surface area contributed by atoms with Gasteiger partial charge in [0, 0.05) is 31.8 Å². The maximum atomic E-state index is 10.6. The van der Waals surface area contributed by atoms with Gasteiger partial charge in [0.25, 0.3) is 0 Å². The van der Waals surface area contributed by atoms with Crippen LogP contribution in [0.25, 0.3) is 0 Å². The van der Waals surface area contributed by atoms with E-state index in [2.05, 4.69) is 0 Å². The molecule has 2 rings (SSSR count). The summed E-state index contributed by atoms with van der Waals surface area (Å²) in [7, 11) is 0. The number of carbonyl (C=O) groups is 3. The van der Waals surface area contributed by atoms with E-state index in [0.29, 0.717) is 25.9 Å². The van der Waals surface area contributed by atoms with Crippen LogP contribution in [0.2, 0.25) is 0 Å². The van der Waals surface area contributed by atoms with Crippen molar-refractivity contribution in [1.29, 1.82) is 0 Å². The van der Waals surface area contributed by atoms with Gasteiger partial charge in [-0.2, -0.15) is 0 Å². The normalized spacial score (nSPS) is 19.3. The average molecular weight is 224 g/mol. The molecule has 2 aliphatic carbocycles. The summed E-state index contributed by atoms with van der Waals surface area (Å²) in [5.74, 6) is 1.25. The first-order valence-electron chi connectivity index (χ1n) is 5.51. The predicted molar refractivity (Wildman–Crippen MR) is 57.8 cm³/mol. The number of carbonyl (C=O) groups excluding carboxylic acids is 3. The summed E-state index contributed by atoms with van der Waals surface area (Å²) in [4.78, 5) is 31.0. The summed E-state index contributed by atoms with van der Waals surface area (Å²) >= 11 is 0. The summed E-state index contributed by atoms with van der Waals surface area (Å²) in [6, 6.07) is 0. The lowest BCUT2D eigenvalue weighted by Gasteiger charge is -1.99. The van der Waals surface area contributed by atoms with Gasteiger partial charge < -0.3 is 4.74 Å². The summed E-state index contributed by atoms with van der Waals surface area (Å²) in [5.41, 5.74) is 0. The largest absolute Gasteiger partial charge is 0.498 e. The molecule has 0 bridgehead atoms. The maximum Gasteiger partial charge on any atom is 0.159 e. The fourth-order valence-corrected chi connectivity index (χ4v) is 1.55. The zero-order valence-electron chi connectivity index (χ0n) is 9.45. The third-order valence-corrected chi connectivity index (χ3v) is 2.35. The van der Waals surface area contributed by atoms with E-state index in [-0.39, 0.29) is 23.8 Å². The molecular weight excluding hydrogens is 208 g/mol. The van der Waals surface area contributed by atoms with E-state index in [1.807, 2.05) is 6.92 Å². The minimum Gasteiger partial charge on any atom is -0.498 e. The number of hydrogen-bond donors (Lipinski definition) is 0. The highest BCUT2D eigenvalue weighted by atomic mass is 16.5. The van der Waals surface area contributed by atoms with Crippen LogP contribution in [0.4, 0.5) is 0 Å². The van der Waals surface area contributed by atoms with Crippen molar-refractivity contribution in [2.75, 3.05) is 6.61 Å². The van der Waals surface area contributed by atoms with Crippen LogP contribution in [0.5, 0.6) is 0 Å². The molecule has 0 amide bonds. The second-order valence-electron chi connectivity index (χ2n) is 3.76. The monoisotopic (exact) mass is 224 g/mol. The van der Waals surface area contributed by atoms with Crippen molar-refractivity contribution < 1.29 is 19.1 Å². The molecule has 0 aromatic heterocycles. The van der Waals surface area contributed by atoms with E-state index in [1.54, 1.807) is 6.08 Å². The standard InChI is InChI=1S/C7H10O2.C5H6O2/c1-2-9-7-4-3-6(8)5-7;6-4-1-2-5(7)3-4/h5H,2-4H2,1H3;1-3H2. The lowest BCUT2D eigenvalue weighted by atomic mass is 10.3. The van der Waals surface area contributed by atoms with E-state index in [4.69, 9.17) is 4.74 Å². The van der Waals surface area contributed by atoms with Crippen molar-refractivity contribution >= 4 is 17.3 Å². The molecule has 88 valence electrons. The first-order chi connectivity index (χ1) is 7.61. The van der Waals surface area contributed by atoms with Crippen molar-refractivity contribution in [1.82, 2.24) is 0 Å². The molecule has 0 aromatic carbocycles. The van der Waals surface area contributed by atoms with Gasteiger partial charge in [-0.25, -0.2) is 0 Å². The number of allylic oxidation sites excluding steroid dienone is 2.